The van der Waals surface area contributed by atoms with E-state index in [0.29, 0.717) is 6.04 Å². The quantitative estimate of drug-likeness (QED) is 0.854. The van der Waals surface area contributed by atoms with Gasteiger partial charge in [-0.05, 0) is 31.6 Å². The van der Waals surface area contributed by atoms with Gasteiger partial charge < -0.3 is 9.84 Å². The predicted molar refractivity (Wildman–Crippen MR) is 64.0 cm³/mol. The summed E-state index contributed by atoms with van der Waals surface area (Å²) in [5.74, 6) is 2.49. The Kier molecular flexibility index (Phi) is 3.64. The van der Waals surface area contributed by atoms with Gasteiger partial charge in [-0.3, -0.25) is 0 Å². The van der Waals surface area contributed by atoms with Gasteiger partial charge in [0.2, 0.25) is 0 Å². The van der Waals surface area contributed by atoms with Crippen LogP contribution in [-0.4, -0.2) is 11.2 Å². The van der Waals surface area contributed by atoms with Crippen molar-refractivity contribution in [2.75, 3.05) is 0 Å². The summed E-state index contributed by atoms with van der Waals surface area (Å²) < 4.78 is 5.21. The molecule has 1 aromatic rings. The molecule has 90 valence electrons. The minimum Gasteiger partial charge on any atom is -0.360 e. The van der Waals surface area contributed by atoms with Gasteiger partial charge >= 0.3 is 0 Å². The van der Waals surface area contributed by atoms with Crippen LogP contribution in [0.5, 0.6) is 0 Å². The van der Waals surface area contributed by atoms with Gasteiger partial charge in [0.05, 0.1) is 12.2 Å². The van der Waals surface area contributed by atoms with Gasteiger partial charge in [-0.15, -0.1) is 0 Å². The molecule has 2 rings (SSSR count). The van der Waals surface area contributed by atoms with Crippen LogP contribution in [0, 0.1) is 18.8 Å². The topological polar surface area (TPSA) is 38.1 Å². The monoisotopic (exact) mass is 222 g/mol. The average Bonchev–Trinajstić information content (AvgIpc) is 2.63. The Morgan fingerprint density at radius 1 is 1.38 bits per heavy atom. The Bertz CT molecular complexity index is 324. The van der Waals surface area contributed by atoms with E-state index in [9.17, 15) is 0 Å². The molecule has 1 saturated carbocycles. The summed E-state index contributed by atoms with van der Waals surface area (Å²) in [5, 5.41) is 7.52. The van der Waals surface area contributed by atoms with E-state index in [1.54, 1.807) is 0 Å². The molecule has 1 N–H and O–H groups in total. The van der Waals surface area contributed by atoms with Crippen LogP contribution in [0.15, 0.2) is 10.6 Å². The van der Waals surface area contributed by atoms with Gasteiger partial charge in [-0.25, -0.2) is 0 Å². The lowest BCUT2D eigenvalue weighted by molar-refractivity contribution is 0.202. The predicted octanol–water partition coefficient (Wildman–Crippen LogP) is 2.90. The molecular formula is C13H22N2O. The fourth-order valence-electron chi connectivity index (χ4n) is 2.80. The molecule has 0 spiro atoms. The second-order valence-corrected chi connectivity index (χ2v) is 5.23. The van der Waals surface area contributed by atoms with E-state index < -0.39 is 0 Å². The van der Waals surface area contributed by atoms with Gasteiger partial charge in [-0.2, -0.15) is 0 Å². The van der Waals surface area contributed by atoms with E-state index >= 15 is 0 Å². The van der Waals surface area contributed by atoms with E-state index in [0.717, 1.165) is 29.8 Å². The smallest absolute Gasteiger partial charge is 0.150 e. The van der Waals surface area contributed by atoms with Crippen LogP contribution in [0.1, 0.15) is 44.6 Å². The summed E-state index contributed by atoms with van der Waals surface area (Å²) in [4.78, 5) is 0. The van der Waals surface area contributed by atoms with Crippen LogP contribution >= 0.6 is 0 Å². The van der Waals surface area contributed by atoms with Crippen molar-refractivity contribution in [1.82, 2.24) is 10.5 Å². The number of nitrogens with one attached hydrogen (secondary N) is 1. The first-order chi connectivity index (χ1) is 7.66. The molecule has 0 aliphatic heterocycles. The van der Waals surface area contributed by atoms with E-state index in [1.165, 1.54) is 19.3 Å². The zero-order valence-electron chi connectivity index (χ0n) is 10.5. The normalized spacial score (nSPS) is 30.6. The highest BCUT2D eigenvalue weighted by Gasteiger charge is 2.27. The highest BCUT2D eigenvalue weighted by Crippen LogP contribution is 2.28. The van der Waals surface area contributed by atoms with Crippen molar-refractivity contribution in [3.8, 4) is 0 Å². The number of aryl methyl sites for hydroxylation is 1. The van der Waals surface area contributed by atoms with E-state index in [1.807, 2.05) is 13.0 Å². The fourth-order valence-corrected chi connectivity index (χ4v) is 2.80. The minimum absolute atomic E-state index is 0.624. The van der Waals surface area contributed by atoms with Gasteiger partial charge in [0.15, 0.2) is 5.76 Å². The number of hydrogen-bond donors (Lipinski definition) is 1. The molecule has 0 saturated heterocycles. The Morgan fingerprint density at radius 3 is 2.62 bits per heavy atom. The van der Waals surface area contributed by atoms with Gasteiger partial charge in [-0.1, -0.05) is 25.4 Å². The molecule has 0 amide bonds. The van der Waals surface area contributed by atoms with E-state index in [4.69, 9.17) is 4.52 Å². The molecule has 3 heteroatoms. The number of rotatable bonds is 3. The van der Waals surface area contributed by atoms with Crippen LogP contribution in [0.25, 0.3) is 0 Å². The van der Waals surface area contributed by atoms with Crippen LogP contribution in [0.4, 0.5) is 0 Å². The maximum Gasteiger partial charge on any atom is 0.150 e. The maximum atomic E-state index is 5.21. The standard InChI is InChI=1S/C13H22N2O/c1-9-5-4-6-10(2)13(9)14-8-12-7-11(3)15-16-12/h7,9-10,13-14H,4-6,8H2,1-3H3. The summed E-state index contributed by atoms with van der Waals surface area (Å²) in [7, 11) is 0. The molecule has 1 aliphatic carbocycles. The van der Waals surface area contributed by atoms with E-state index in [-0.39, 0.29) is 0 Å². The van der Waals surface area contributed by atoms with Crippen LogP contribution in [0.3, 0.4) is 0 Å². The Morgan fingerprint density at radius 2 is 2.06 bits per heavy atom. The molecule has 3 nitrogen and oxygen atoms in total. The summed E-state index contributed by atoms with van der Waals surface area (Å²) in [5.41, 5.74) is 0.960. The lowest BCUT2D eigenvalue weighted by Gasteiger charge is -2.35. The third-order valence-corrected chi connectivity index (χ3v) is 3.73. The molecule has 0 aromatic carbocycles. The lowest BCUT2D eigenvalue weighted by Crippen LogP contribution is -2.42. The van der Waals surface area contributed by atoms with Gasteiger partial charge in [0.1, 0.15) is 0 Å². The second kappa shape index (κ2) is 5.00. The Balaban J connectivity index is 1.88. The fraction of sp³-hybridized carbons (Fsp3) is 0.769. The molecule has 0 bridgehead atoms. The third-order valence-electron chi connectivity index (χ3n) is 3.73. The highest BCUT2D eigenvalue weighted by molar-refractivity contribution is 5.03. The van der Waals surface area contributed by atoms with Crippen molar-refractivity contribution in [3.63, 3.8) is 0 Å². The number of hydrogen-bond acceptors (Lipinski definition) is 3. The molecule has 1 heterocycles. The van der Waals surface area contributed by atoms with Crippen molar-refractivity contribution >= 4 is 0 Å². The Hall–Kier alpha value is -0.830. The van der Waals surface area contributed by atoms with Gasteiger partial charge in [0.25, 0.3) is 0 Å². The Labute approximate surface area is 97.6 Å². The van der Waals surface area contributed by atoms with Crippen molar-refractivity contribution in [2.45, 2.75) is 52.6 Å². The summed E-state index contributed by atoms with van der Waals surface area (Å²) >= 11 is 0. The molecule has 1 aromatic heterocycles. The first-order valence-corrected chi connectivity index (χ1v) is 6.32. The molecule has 1 aliphatic rings. The molecular weight excluding hydrogens is 200 g/mol. The molecule has 2 atom stereocenters. The van der Waals surface area contributed by atoms with Crippen molar-refractivity contribution in [3.05, 3.63) is 17.5 Å². The van der Waals surface area contributed by atoms with Crippen LogP contribution < -0.4 is 5.32 Å². The zero-order valence-corrected chi connectivity index (χ0v) is 10.5. The second-order valence-electron chi connectivity index (χ2n) is 5.23. The van der Waals surface area contributed by atoms with Gasteiger partial charge in [0, 0.05) is 12.1 Å². The van der Waals surface area contributed by atoms with Crippen molar-refractivity contribution < 1.29 is 4.52 Å². The lowest BCUT2D eigenvalue weighted by atomic mass is 9.79. The molecule has 1 fully saturated rings. The van der Waals surface area contributed by atoms with Crippen LogP contribution in [-0.2, 0) is 6.54 Å². The summed E-state index contributed by atoms with van der Waals surface area (Å²) in [6, 6.07) is 2.63. The minimum atomic E-state index is 0.624. The highest BCUT2D eigenvalue weighted by atomic mass is 16.5. The molecule has 16 heavy (non-hydrogen) atoms. The van der Waals surface area contributed by atoms with Crippen LogP contribution in [0.2, 0.25) is 0 Å². The maximum absolute atomic E-state index is 5.21. The van der Waals surface area contributed by atoms with E-state index in [2.05, 4.69) is 24.3 Å². The van der Waals surface area contributed by atoms with Crippen molar-refractivity contribution in [1.29, 1.82) is 0 Å². The number of aromatic nitrogens is 1. The molecule has 0 radical (unpaired) electrons. The first-order valence-electron chi connectivity index (χ1n) is 6.32. The average molecular weight is 222 g/mol. The largest absolute Gasteiger partial charge is 0.360 e. The zero-order chi connectivity index (χ0) is 11.5. The summed E-state index contributed by atoms with van der Waals surface area (Å²) in [6.07, 6.45) is 4.07. The summed E-state index contributed by atoms with van der Waals surface area (Å²) in [6.45, 7) is 7.46. The third kappa shape index (κ3) is 2.64. The number of nitrogens with zero attached hydrogens (tertiary/aromatic N) is 1. The SMILES string of the molecule is Cc1cc(CNC2C(C)CCCC2C)on1. The first kappa shape index (κ1) is 11.6. The molecule has 2 unspecified atom stereocenters. The van der Waals surface area contributed by atoms with Crippen molar-refractivity contribution in [2.24, 2.45) is 11.8 Å².